The topological polar surface area (TPSA) is 81.1 Å². The first-order chi connectivity index (χ1) is 11.8. The summed E-state index contributed by atoms with van der Waals surface area (Å²) in [6.07, 6.45) is 3.80. The standard InChI is InChI=1S/C18H19N5O/c19-15-8-10-23(11-9-15)16-7-6-14(12-20-16)18-21-17(22-24-18)13-4-2-1-3-5-13/h1-7,12,15H,8-11,19H2. The van der Waals surface area contributed by atoms with Crippen LogP contribution in [0.5, 0.6) is 0 Å². The van der Waals surface area contributed by atoms with Crippen molar-refractivity contribution in [3.8, 4) is 22.8 Å². The zero-order chi connectivity index (χ0) is 16.4. The largest absolute Gasteiger partial charge is 0.357 e. The Morgan fingerprint density at radius 3 is 2.50 bits per heavy atom. The molecule has 2 N–H and O–H groups in total. The molecule has 1 aliphatic heterocycles. The molecule has 1 aromatic carbocycles. The highest BCUT2D eigenvalue weighted by Gasteiger charge is 2.17. The number of nitrogens with zero attached hydrogens (tertiary/aromatic N) is 4. The van der Waals surface area contributed by atoms with Gasteiger partial charge in [0.15, 0.2) is 0 Å². The maximum atomic E-state index is 5.95. The Morgan fingerprint density at radius 2 is 1.79 bits per heavy atom. The van der Waals surface area contributed by atoms with E-state index in [2.05, 4.69) is 20.0 Å². The molecule has 0 saturated carbocycles. The van der Waals surface area contributed by atoms with Crippen molar-refractivity contribution in [3.63, 3.8) is 0 Å². The minimum Gasteiger partial charge on any atom is -0.357 e. The summed E-state index contributed by atoms with van der Waals surface area (Å²) in [7, 11) is 0. The summed E-state index contributed by atoms with van der Waals surface area (Å²) in [4.78, 5) is 11.3. The summed E-state index contributed by atoms with van der Waals surface area (Å²) < 4.78 is 5.37. The van der Waals surface area contributed by atoms with Gasteiger partial charge in [-0.2, -0.15) is 4.98 Å². The van der Waals surface area contributed by atoms with Crippen LogP contribution in [0.25, 0.3) is 22.8 Å². The van der Waals surface area contributed by atoms with Crippen LogP contribution < -0.4 is 10.6 Å². The summed E-state index contributed by atoms with van der Waals surface area (Å²) in [6.45, 7) is 1.90. The highest BCUT2D eigenvalue weighted by atomic mass is 16.5. The van der Waals surface area contributed by atoms with Crippen LogP contribution in [-0.2, 0) is 0 Å². The van der Waals surface area contributed by atoms with Crippen molar-refractivity contribution in [2.45, 2.75) is 18.9 Å². The van der Waals surface area contributed by atoms with E-state index in [-0.39, 0.29) is 0 Å². The quantitative estimate of drug-likeness (QED) is 0.799. The van der Waals surface area contributed by atoms with E-state index in [9.17, 15) is 0 Å². The van der Waals surface area contributed by atoms with Gasteiger partial charge in [-0.05, 0) is 25.0 Å². The van der Waals surface area contributed by atoms with Crippen LogP contribution in [0.4, 0.5) is 5.82 Å². The summed E-state index contributed by atoms with van der Waals surface area (Å²) in [5, 5.41) is 4.05. The minimum absolute atomic E-state index is 0.315. The third kappa shape index (κ3) is 3.00. The van der Waals surface area contributed by atoms with Gasteiger partial charge in [-0.25, -0.2) is 4.98 Å². The maximum Gasteiger partial charge on any atom is 0.259 e. The number of pyridine rings is 1. The zero-order valence-corrected chi connectivity index (χ0v) is 13.3. The zero-order valence-electron chi connectivity index (χ0n) is 13.3. The molecule has 0 atom stereocenters. The van der Waals surface area contributed by atoms with Gasteiger partial charge in [0.05, 0.1) is 5.56 Å². The van der Waals surface area contributed by atoms with Gasteiger partial charge < -0.3 is 15.2 Å². The van der Waals surface area contributed by atoms with Crippen molar-refractivity contribution in [2.24, 2.45) is 5.73 Å². The molecule has 0 aliphatic carbocycles. The second-order valence-corrected chi connectivity index (χ2v) is 6.02. The Bertz CT molecular complexity index is 792. The predicted molar refractivity (Wildman–Crippen MR) is 92.4 cm³/mol. The number of hydrogen-bond acceptors (Lipinski definition) is 6. The second-order valence-electron chi connectivity index (χ2n) is 6.02. The number of aromatic nitrogens is 3. The van der Waals surface area contributed by atoms with Gasteiger partial charge in [0.1, 0.15) is 5.82 Å². The Hall–Kier alpha value is -2.73. The normalized spacial score (nSPS) is 15.6. The van der Waals surface area contributed by atoms with Gasteiger partial charge in [-0.3, -0.25) is 0 Å². The molecule has 0 unspecified atom stereocenters. The van der Waals surface area contributed by atoms with Crippen molar-refractivity contribution in [1.29, 1.82) is 0 Å². The average Bonchev–Trinajstić information content (AvgIpc) is 3.13. The summed E-state index contributed by atoms with van der Waals surface area (Å²) in [5.41, 5.74) is 7.70. The lowest BCUT2D eigenvalue weighted by Crippen LogP contribution is -2.40. The number of benzene rings is 1. The predicted octanol–water partition coefficient (Wildman–Crippen LogP) is 2.73. The van der Waals surface area contributed by atoms with Crippen LogP contribution in [-0.4, -0.2) is 34.3 Å². The fraction of sp³-hybridized carbons (Fsp3) is 0.278. The molecule has 0 spiro atoms. The molecule has 24 heavy (non-hydrogen) atoms. The van der Waals surface area contributed by atoms with E-state index in [0.717, 1.165) is 42.9 Å². The minimum atomic E-state index is 0.315. The van der Waals surface area contributed by atoms with Crippen LogP contribution >= 0.6 is 0 Å². The van der Waals surface area contributed by atoms with Crippen molar-refractivity contribution in [2.75, 3.05) is 18.0 Å². The van der Waals surface area contributed by atoms with Crippen LogP contribution in [0.2, 0.25) is 0 Å². The molecule has 122 valence electrons. The molecule has 4 rings (SSSR count). The van der Waals surface area contributed by atoms with Gasteiger partial charge >= 0.3 is 0 Å². The average molecular weight is 321 g/mol. The van der Waals surface area contributed by atoms with Crippen LogP contribution in [0.1, 0.15) is 12.8 Å². The van der Waals surface area contributed by atoms with E-state index < -0.39 is 0 Å². The summed E-state index contributed by atoms with van der Waals surface area (Å²) >= 11 is 0. The van der Waals surface area contributed by atoms with E-state index in [4.69, 9.17) is 10.3 Å². The summed E-state index contributed by atoms with van der Waals surface area (Å²) in [6, 6.07) is 14.1. The lowest BCUT2D eigenvalue weighted by Gasteiger charge is -2.31. The molecule has 1 aliphatic rings. The van der Waals surface area contributed by atoms with E-state index >= 15 is 0 Å². The first kappa shape index (κ1) is 14.8. The van der Waals surface area contributed by atoms with E-state index in [1.165, 1.54) is 0 Å². The third-order valence-electron chi connectivity index (χ3n) is 4.32. The van der Waals surface area contributed by atoms with E-state index in [1.807, 2.05) is 42.5 Å². The Labute approximate surface area is 140 Å². The fourth-order valence-corrected chi connectivity index (χ4v) is 2.87. The molecule has 0 radical (unpaired) electrons. The smallest absolute Gasteiger partial charge is 0.259 e. The molecular formula is C18H19N5O. The van der Waals surface area contributed by atoms with Gasteiger partial charge in [0.2, 0.25) is 5.82 Å². The number of hydrogen-bond donors (Lipinski definition) is 1. The van der Waals surface area contributed by atoms with Gasteiger partial charge in [-0.1, -0.05) is 35.5 Å². The lowest BCUT2D eigenvalue weighted by molar-refractivity contribution is 0.432. The molecule has 6 heteroatoms. The molecule has 3 aromatic rings. The molecule has 1 saturated heterocycles. The van der Waals surface area contributed by atoms with Gasteiger partial charge in [0.25, 0.3) is 5.89 Å². The Kier molecular flexibility index (Phi) is 3.96. The maximum absolute atomic E-state index is 5.95. The highest BCUT2D eigenvalue weighted by molar-refractivity contribution is 5.60. The van der Waals surface area contributed by atoms with Crippen molar-refractivity contribution < 1.29 is 4.52 Å². The number of rotatable bonds is 3. The number of piperidine rings is 1. The lowest BCUT2D eigenvalue weighted by atomic mass is 10.1. The highest BCUT2D eigenvalue weighted by Crippen LogP contribution is 2.24. The van der Waals surface area contributed by atoms with E-state index in [0.29, 0.717) is 17.8 Å². The fourth-order valence-electron chi connectivity index (χ4n) is 2.87. The summed E-state index contributed by atoms with van der Waals surface area (Å²) in [5.74, 6) is 2.03. The Balaban J connectivity index is 1.52. The monoisotopic (exact) mass is 321 g/mol. The molecule has 0 amide bonds. The number of nitrogens with two attached hydrogens (primary N) is 1. The van der Waals surface area contributed by atoms with Crippen LogP contribution in [0, 0.1) is 0 Å². The molecule has 1 fully saturated rings. The van der Waals surface area contributed by atoms with Crippen molar-refractivity contribution in [3.05, 3.63) is 48.7 Å². The van der Waals surface area contributed by atoms with Gasteiger partial charge in [-0.15, -0.1) is 0 Å². The van der Waals surface area contributed by atoms with E-state index in [1.54, 1.807) is 6.20 Å². The number of anilines is 1. The van der Waals surface area contributed by atoms with Crippen molar-refractivity contribution in [1.82, 2.24) is 15.1 Å². The SMILES string of the molecule is NC1CCN(c2ccc(-c3nc(-c4ccccc4)no3)cn2)CC1. The first-order valence-electron chi connectivity index (χ1n) is 8.16. The molecule has 2 aromatic heterocycles. The van der Waals surface area contributed by atoms with Crippen molar-refractivity contribution >= 4 is 5.82 Å². The Morgan fingerprint density at radius 1 is 1.00 bits per heavy atom. The van der Waals surface area contributed by atoms with Crippen LogP contribution in [0.3, 0.4) is 0 Å². The molecule has 3 heterocycles. The third-order valence-corrected chi connectivity index (χ3v) is 4.32. The molecular weight excluding hydrogens is 302 g/mol. The van der Waals surface area contributed by atoms with Gasteiger partial charge in [0, 0.05) is 30.9 Å². The molecule has 0 bridgehead atoms. The molecule has 6 nitrogen and oxygen atoms in total. The first-order valence-corrected chi connectivity index (χ1v) is 8.16. The second kappa shape index (κ2) is 6.41. The van der Waals surface area contributed by atoms with Crippen LogP contribution in [0.15, 0.2) is 53.2 Å².